The number of nitrogens with two attached hydrogens (primary N) is 1. The number of hydrogen-bond acceptors (Lipinski definition) is 3. The van der Waals surface area contributed by atoms with Crippen molar-refractivity contribution in [2.75, 3.05) is 7.11 Å². The highest BCUT2D eigenvalue weighted by molar-refractivity contribution is 5.87. The van der Waals surface area contributed by atoms with Crippen molar-refractivity contribution in [2.24, 2.45) is 5.73 Å². The van der Waals surface area contributed by atoms with Crippen LogP contribution >= 0.6 is 0 Å². The minimum Gasteiger partial charge on any atom is -0.497 e. The molecule has 0 saturated heterocycles. The molecule has 0 spiro atoms. The molecule has 0 radical (unpaired) electrons. The number of carbonyl (C=O) groups is 2. The summed E-state index contributed by atoms with van der Waals surface area (Å²) in [6, 6.07) is 9.24. The fraction of sp³-hybridized carbons (Fsp3) is 0.222. The Labute approximate surface area is 143 Å². The van der Waals surface area contributed by atoms with Crippen LogP contribution in [0.2, 0.25) is 0 Å². The van der Waals surface area contributed by atoms with Gasteiger partial charge in [0.1, 0.15) is 23.4 Å². The Morgan fingerprint density at radius 2 is 1.72 bits per heavy atom. The van der Waals surface area contributed by atoms with E-state index in [9.17, 15) is 18.4 Å². The molecule has 1 atom stereocenters. The summed E-state index contributed by atoms with van der Waals surface area (Å²) in [5.74, 6) is -2.42. The number of nitrogens with one attached hydrogen (secondary N) is 1. The fourth-order valence-corrected chi connectivity index (χ4v) is 2.33. The molecule has 0 heterocycles. The summed E-state index contributed by atoms with van der Waals surface area (Å²) in [5.41, 5.74) is 5.71. The van der Waals surface area contributed by atoms with Gasteiger partial charge >= 0.3 is 0 Å². The molecule has 2 amide bonds. The first-order valence-electron chi connectivity index (χ1n) is 7.55. The lowest BCUT2D eigenvalue weighted by atomic mass is 10.0. The molecule has 0 saturated carbocycles. The van der Waals surface area contributed by atoms with E-state index in [4.69, 9.17) is 10.5 Å². The van der Waals surface area contributed by atoms with Crippen molar-refractivity contribution >= 4 is 11.8 Å². The van der Waals surface area contributed by atoms with Crippen molar-refractivity contribution in [2.45, 2.75) is 18.9 Å². The molecule has 2 aromatic carbocycles. The number of ether oxygens (including phenoxy) is 1. The lowest BCUT2D eigenvalue weighted by molar-refractivity contribution is -0.127. The number of methoxy groups -OCH3 is 1. The summed E-state index contributed by atoms with van der Waals surface area (Å²) < 4.78 is 32.2. The maximum atomic E-state index is 13.6. The Morgan fingerprint density at radius 3 is 2.24 bits per heavy atom. The molecule has 132 valence electrons. The highest BCUT2D eigenvalue weighted by Gasteiger charge is 2.20. The van der Waals surface area contributed by atoms with Gasteiger partial charge in [-0.25, -0.2) is 8.78 Å². The van der Waals surface area contributed by atoms with Crippen LogP contribution in [0.3, 0.4) is 0 Å². The second-order valence-electron chi connectivity index (χ2n) is 5.45. The van der Waals surface area contributed by atoms with Crippen LogP contribution in [0.25, 0.3) is 0 Å². The number of halogens is 2. The molecule has 5 nitrogen and oxygen atoms in total. The zero-order valence-corrected chi connectivity index (χ0v) is 13.6. The number of benzene rings is 2. The van der Waals surface area contributed by atoms with Gasteiger partial charge < -0.3 is 15.8 Å². The summed E-state index contributed by atoms with van der Waals surface area (Å²) in [5, 5.41) is 2.42. The zero-order valence-electron chi connectivity index (χ0n) is 13.6. The Kier molecular flexibility index (Phi) is 6.05. The molecule has 25 heavy (non-hydrogen) atoms. The van der Waals surface area contributed by atoms with Gasteiger partial charge in [0.25, 0.3) is 0 Å². The highest BCUT2D eigenvalue weighted by Crippen LogP contribution is 2.14. The van der Waals surface area contributed by atoms with Crippen molar-refractivity contribution in [1.29, 1.82) is 0 Å². The quantitative estimate of drug-likeness (QED) is 0.800. The van der Waals surface area contributed by atoms with Crippen molar-refractivity contribution in [1.82, 2.24) is 5.32 Å². The Bertz CT molecular complexity index is 743. The first-order chi connectivity index (χ1) is 11.9. The average molecular weight is 348 g/mol. The molecular weight excluding hydrogens is 330 g/mol. The number of amides is 2. The van der Waals surface area contributed by atoms with Crippen LogP contribution in [-0.4, -0.2) is 25.0 Å². The molecule has 7 heteroatoms. The van der Waals surface area contributed by atoms with Gasteiger partial charge in [-0.1, -0.05) is 18.2 Å². The van der Waals surface area contributed by atoms with Crippen molar-refractivity contribution in [3.63, 3.8) is 0 Å². The van der Waals surface area contributed by atoms with Gasteiger partial charge in [0, 0.05) is 12.0 Å². The van der Waals surface area contributed by atoms with Crippen molar-refractivity contribution in [3.05, 3.63) is 65.2 Å². The highest BCUT2D eigenvalue weighted by atomic mass is 19.1. The van der Waals surface area contributed by atoms with Gasteiger partial charge in [-0.2, -0.15) is 0 Å². The maximum Gasteiger partial charge on any atom is 0.240 e. The first-order valence-corrected chi connectivity index (χ1v) is 7.55. The van der Waals surface area contributed by atoms with E-state index in [1.165, 1.54) is 13.2 Å². The van der Waals surface area contributed by atoms with Crippen LogP contribution in [0, 0.1) is 11.6 Å². The molecule has 0 bridgehead atoms. The molecule has 0 aliphatic rings. The third-order valence-electron chi connectivity index (χ3n) is 3.68. The SMILES string of the molecule is COc1ccc(C[C@H](NC(=O)Cc2c(F)cccc2F)C(N)=O)cc1. The Balaban J connectivity index is 2.05. The van der Waals surface area contributed by atoms with E-state index in [2.05, 4.69) is 5.32 Å². The standard InChI is InChI=1S/C18H18F2N2O3/c1-25-12-7-5-11(6-8-12)9-16(18(21)24)22-17(23)10-13-14(19)3-2-4-15(13)20/h2-8,16H,9-10H2,1H3,(H2,21,24)(H,22,23)/t16-/m0/s1. The van der Waals surface area contributed by atoms with E-state index in [1.54, 1.807) is 24.3 Å². The van der Waals surface area contributed by atoms with Gasteiger partial charge in [0.05, 0.1) is 13.5 Å². The van der Waals surface area contributed by atoms with E-state index in [-0.39, 0.29) is 12.0 Å². The van der Waals surface area contributed by atoms with E-state index < -0.39 is 35.9 Å². The minimum atomic E-state index is -0.990. The monoisotopic (exact) mass is 348 g/mol. The second-order valence-corrected chi connectivity index (χ2v) is 5.45. The van der Waals surface area contributed by atoms with Crippen LogP contribution in [0.15, 0.2) is 42.5 Å². The number of primary amides is 1. The van der Waals surface area contributed by atoms with Gasteiger partial charge in [-0.05, 0) is 29.8 Å². The van der Waals surface area contributed by atoms with Crippen LogP contribution in [0.5, 0.6) is 5.75 Å². The fourth-order valence-electron chi connectivity index (χ4n) is 2.33. The Morgan fingerprint density at radius 1 is 1.12 bits per heavy atom. The predicted molar refractivity (Wildman–Crippen MR) is 87.9 cm³/mol. The smallest absolute Gasteiger partial charge is 0.240 e. The van der Waals surface area contributed by atoms with Gasteiger partial charge in [-0.3, -0.25) is 9.59 Å². The van der Waals surface area contributed by atoms with E-state index in [1.807, 2.05) is 0 Å². The molecule has 0 aromatic heterocycles. The minimum absolute atomic E-state index is 0.158. The molecule has 3 N–H and O–H groups in total. The first kappa shape index (κ1) is 18.4. The molecule has 0 aliphatic heterocycles. The topological polar surface area (TPSA) is 81.4 Å². The Hall–Kier alpha value is -2.96. The molecule has 0 unspecified atom stereocenters. The van der Waals surface area contributed by atoms with Crippen LogP contribution in [0.1, 0.15) is 11.1 Å². The third-order valence-corrected chi connectivity index (χ3v) is 3.68. The molecule has 2 aromatic rings. The van der Waals surface area contributed by atoms with Gasteiger partial charge in [0.15, 0.2) is 0 Å². The van der Waals surface area contributed by atoms with E-state index >= 15 is 0 Å². The third kappa shape index (κ3) is 5.00. The summed E-state index contributed by atoms with van der Waals surface area (Å²) in [4.78, 5) is 23.6. The number of rotatable bonds is 7. The van der Waals surface area contributed by atoms with Crippen molar-refractivity contribution < 1.29 is 23.1 Å². The summed E-state index contributed by atoms with van der Waals surface area (Å²) >= 11 is 0. The lowest BCUT2D eigenvalue weighted by Gasteiger charge is -2.16. The van der Waals surface area contributed by atoms with Crippen molar-refractivity contribution in [3.8, 4) is 5.75 Å². The molecule has 0 aliphatic carbocycles. The average Bonchev–Trinajstić information content (AvgIpc) is 2.58. The van der Waals surface area contributed by atoms with E-state index in [0.717, 1.165) is 17.7 Å². The van der Waals surface area contributed by atoms with Crippen LogP contribution < -0.4 is 15.8 Å². The van der Waals surface area contributed by atoms with Gasteiger partial charge in [0.2, 0.25) is 11.8 Å². The second kappa shape index (κ2) is 8.23. The largest absolute Gasteiger partial charge is 0.497 e. The zero-order chi connectivity index (χ0) is 18.4. The number of carbonyl (C=O) groups excluding carboxylic acids is 2. The van der Waals surface area contributed by atoms with Crippen LogP contribution in [-0.2, 0) is 22.4 Å². The lowest BCUT2D eigenvalue weighted by Crippen LogP contribution is -2.46. The van der Waals surface area contributed by atoms with Crippen LogP contribution in [0.4, 0.5) is 8.78 Å². The molecule has 0 fully saturated rings. The summed E-state index contributed by atoms with van der Waals surface area (Å²) in [6.07, 6.45) is -0.365. The van der Waals surface area contributed by atoms with E-state index in [0.29, 0.717) is 5.75 Å². The molecule has 2 rings (SSSR count). The normalized spacial score (nSPS) is 11.6. The summed E-state index contributed by atoms with van der Waals surface area (Å²) in [6.45, 7) is 0. The summed E-state index contributed by atoms with van der Waals surface area (Å²) in [7, 11) is 1.53. The van der Waals surface area contributed by atoms with Gasteiger partial charge in [-0.15, -0.1) is 0 Å². The molecular formula is C18H18F2N2O3. The number of hydrogen-bond donors (Lipinski definition) is 2. The predicted octanol–water partition coefficient (Wildman–Crippen LogP) is 1.73. The maximum absolute atomic E-state index is 13.6.